The number of aromatic nitrogens is 3. The molecule has 1 aliphatic heterocycles. The Morgan fingerprint density at radius 1 is 1.41 bits per heavy atom. The van der Waals surface area contributed by atoms with Gasteiger partial charge in [0.05, 0.1) is 18.2 Å². The summed E-state index contributed by atoms with van der Waals surface area (Å²) in [4.78, 5) is 29.4. The lowest BCUT2D eigenvalue weighted by molar-refractivity contribution is 0.00455. The molecule has 6 nitrogen and oxygen atoms in total. The Hall–Kier alpha value is -1.73. The van der Waals surface area contributed by atoms with E-state index in [0.29, 0.717) is 23.7 Å². The van der Waals surface area contributed by atoms with Gasteiger partial charge in [-0.1, -0.05) is 0 Å². The van der Waals surface area contributed by atoms with Crippen LogP contribution in [0.15, 0.2) is 21.2 Å². The molecule has 0 unspecified atom stereocenters. The maximum absolute atomic E-state index is 12.7. The van der Waals surface area contributed by atoms with Gasteiger partial charge in [-0.05, 0) is 26.2 Å². The molecule has 0 amide bonds. The highest BCUT2D eigenvalue weighted by molar-refractivity contribution is 7.13. The van der Waals surface area contributed by atoms with Gasteiger partial charge in [0.15, 0.2) is 0 Å². The molecule has 0 saturated carbocycles. The lowest BCUT2D eigenvalue weighted by Crippen LogP contribution is -2.43. The zero-order chi connectivity index (χ0) is 15.7. The number of hydrogen-bond donors (Lipinski definition) is 0. The van der Waals surface area contributed by atoms with Gasteiger partial charge in [-0.25, -0.2) is 9.78 Å². The summed E-state index contributed by atoms with van der Waals surface area (Å²) in [6, 6.07) is 0. The lowest BCUT2D eigenvalue weighted by atomic mass is 10.1. The van der Waals surface area contributed by atoms with Crippen LogP contribution in [-0.2, 0) is 18.3 Å². The van der Waals surface area contributed by atoms with E-state index in [0.717, 1.165) is 25.0 Å². The number of rotatable bonds is 3. The van der Waals surface area contributed by atoms with Crippen LogP contribution in [-0.4, -0.2) is 26.8 Å². The molecular formula is C15H19N3O3S. The molecule has 0 spiro atoms. The van der Waals surface area contributed by atoms with Gasteiger partial charge < -0.3 is 9.30 Å². The van der Waals surface area contributed by atoms with Crippen molar-refractivity contribution in [3.63, 3.8) is 0 Å². The van der Waals surface area contributed by atoms with Crippen molar-refractivity contribution in [3.8, 4) is 10.6 Å². The molecule has 0 aliphatic carbocycles. The van der Waals surface area contributed by atoms with E-state index in [9.17, 15) is 9.59 Å². The molecule has 1 atom stereocenters. The third-order valence-electron chi connectivity index (χ3n) is 3.84. The Morgan fingerprint density at radius 3 is 2.86 bits per heavy atom. The molecule has 3 heterocycles. The van der Waals surface area contributed by atoms with Gasteiger partial charge in [0.1, 0.15) is 5.01 Å². The van der Waals surface area contributed by atoms with Gasteiger partial charge in [0.2, 0.25) is 0 Å². The van der Waals surface area contributed by atoms with Crippen molar-refractivity contribution in [2.24, 2.45) is 7.05 Å². The first kappa shape index (κ1) is 15.2. The zero-order valence-corrected chi connectivity index (χ0v) is 13.6. The molecule has 0 aromatic carbocycles. The highest BCUT2D eigenvalue weighted by atomic mass is 32.1. The fraction of sp³-hybridized carbons (Fsp3) is 0.533. The Morgan fingerprint density at radius 2 is 2.23 bits per heavy atom. The molecule has 0 bridgehead atoms. The molecular weight excluding hydrogens is 302 g/mol. The monoisotopic (exact) mass is 321 g/mol. The van der Waals surface area contributed by atoms with Crippen molar-refractivity contribution in [2.45, 2.75) is 38.8 Å². The first-order valence-corrected chi connectivity index (χ1v) is 8.29. The lowest BCUT2D eigenvalue weighted by Gasteiger charge is -2.23. The Balaban J connectivity index is 2.03. The second-order valence-electron chi connectivity index (χ2n) is 5.63. The highest BCUT2D eigenvalue weighted by Gasteiger charge is 2.19. The minimum atomic E-state index is -0.309. The van der Waals surface area contributed by atoms with Gasteiger partial charge in [-0.15, -0.1) is 11.3 Å². The van der Waals surface area contributed by atoms with Crippen LogP contribution in [0.1, 0.15) is 25.0 Å². The minimum absolute atomic E-state index is 0.0626. The van der Waals surface area contributed by atoms with E-state index in [1.54, 1.807) is 13.2 Å². The summed E-state index contributed by atoms with van der Waals surface area (Å²) in [5.41, 5.74) is 0.745. The molecule has 2 aromatic rings. The predicted octanol–water partition coefficient (Wildman–Crippen LogP) is 1.55. The fourth-order valence-electron chi connectivity index (χ4n) is 2.67. The quantitative estimate of drug-likeness (QED) is 0.860. The summed E-state index contributed by atoms with van der Waals surface area (Å²) < 4.78 is 8.38. The number of nitrogens with zero attached hydrogens (tertiary/aromatic N) is 3. The summed E-state index contributed by atoms with van der Waals surface area (Å²) in [5, 5.41) is 2.55. The molecule has 1 fully saturated rings. The van der Waals surface area contributed by atoms with E-state index in [-0.39, 0.29) is 17.4 Å². The average molecular weight is 321 g/mol. The largest absolute Gasteiger partial charge is 0.376 e. The number of ether oxygens (including phenoxy) is 1. The molecule has 1 saturated heterocycles. The van der Waals surface area contributed by atoms with Crippen molar-refractivity contribution in [2.75, 3.05) is 6.61 Å². The predicted molar refractivity (Wildman–Crippen MR) is 85.4 cm³/mol. The number of thiazole rings is 1. The Bertz CT molecular complexity index is 784. The summed E-state index contributed by atoms with van der Waals surface area (Å²) in [6.07, 6.45) is 4.51. The molecule has 7 heteroatoms. The van der Waals surface area contributed by atoms with Crippen molar-refractivity contribution < 1.29 is 4.74 Å². The van der Waals surface area contributed by atoms with Crippen molar-refractivity contribution >= 4 is 11.3 Å². The van der Waals surface area contributed by atoms with Gasteiger partial charge in [0, 0.05) is 30.9 Å². The molecule has 0 N–H and O–H groups in total. The van der Waals surface area contributed by atoms with Crippen LogP contribution >= 0.6 is 11.3 Å². The number of aryl methyl sites for hydroxylation is 2. The van der Waals surface area contributed by atoms with Gasteiger partial charge in [0.25, 0.3) is 5.56 Å². The Kier molecular flexibility index (Phi) is 4.26. The van der Waals surface area contributed by atoms with E-state index in [1.807, 2.05) is 12.3 Å². The van der Waals surface area contributed by atoms with E-state index < -0.39 is 0 Å². The van der Waals surface area contributed by atoms with E-state index >= 15 is 0 Å². The Labute approximate surface area is 132 Å². The molecule has 22 heavy (non-hydrogen) atoms. The average Bonchev–Trinajstić information content (AvgIpc) is 2.95. The molecule has 3 rings (SSSR count). The standard InChI is InChI=1S/C15H19N3O3S/c1-10-9-22-13(16-10)12-8-17(2)15(20)18(14(12)19)7-11-5-3-4-6-21-11/h8-9,11H,3-7H2,1-2H3/t11-/m0/s1. The van der Waals surface area contributed by atoms with Crippen LogP contribution in [0.5, 0.6) is 0 Å². The smallest absolute Gasteiger partial charge is 0.330 e. The maximum atomic E-state index is 12.7. The minimum Gasteiger partial charge on any atom is -0.376 e. The molecule has 0 radical (unpaired) electrons. The highest BCUT2D eigenvalue weighted by Crippen LogP contribution is 2.20. The third-order valence-corrected chi connectivity index (χ3v) is 4.83. The van der Waals surface area contributed by atoms with E-state index in [2.05, 4.69) is 4.98 Å². The van der Waals surface area contributed by atoms with Crippen LogP contribution < -0.4 is 11.2 Å². The van der Waals surface area contributed by atoms with Crippen LogP contribution in [0.3, 0.4) is 0 Å². The summed E-state index contributed by atoms with van der Waals surface area (Å²) in [5.74, 6) is 0. The van der Waals surface area contributed by atoms with Crippen LogP contribution in [0.25, 0.3) is 10.6 Å². The zero-order valence-electron chi connectivity index (χ0n) is 12.7. The SMILES string of the molecule is Cc1csc(-c2cn(C)c(=O)n(C[C@@H]3CCCCO3)c2=O)n1. The van der Waals surface area contributed by atoms with Gasteiger partial charge >= 0.3 is 5.69 Å². The second-order valence-corrected chi connectivity index (χ2v) is 6.49. The molecule has 2 aromatic heterocycles. The van der Waals surface area contributed by atoms with E-state index in [4.69, 9.17) is 4.74 Å². The van der Waals surface area contributed by atoms with Gasteiger partial charge in [-0.3, -0.25) is 9.36 Å². The first-order valence-electron chi connectivity index (χ1n) is 7.41. The van der Waals surface area contributed by atoms with Crippen LogP contribution in [0.2, 0.25) is 0 Å². The second kappa shape index (κ2) is 6.18. The third kappa shape index (κ3) is 2.91. The van der Waals surface area contributed by atoms with E-state index in [1.165, 1.54) is 20.5 Å². The number of hydrogen-bond acceptors (Lipinski definition) is 5. The normalized spacial score (nSPS) is 18.5. The maximum Gasteiger partial charge on any atom is 0.330 e. The topological polar surface area (TPSA) is 66.1 Å². The fourth-order valence-corrected chi connectivity index (χ4v) is 3.47. The summed E-state index contributed by atoms with van der Waals surface area (Å²) in [7, 11) is 1.66. The molecule has 118 valence electrons. The van der Waals surface area contributed by atoms with Crippen LogP contribution in [0.4, 0.5) is 0 Å². The van der Waals surface area contributed by atoms with Gasteiger partial charge in [-0.2, -0.15) is 0 Å². The molecule has 1 aliphatic rings. The first-order chi connectivity index (χ1) is 10.6. The van der Waals surface area contributed by atoms with Crippen LogP contribution in [0, 0.1) is 6.92 Å². The summed E-state index contributed by atoms with van der Waals surface area (Å²) >= 11 is 1.42. The van der Waals surface area contributed by atoms with Crippen molar-refractivity contribution in [1.82, 2.24) is 14.1 Å². The van der Waals surface area contributed by atoms with Crippen molar-refractivity contribution in [1.29, 1.82) is 0 Å². The summed E-state index contributed by atoms with van der Waals surface area (Å²) in [6.45, 7) is 2.89. The van der Waals surface area contributed by atoms with Crippen molar-refractivity contribution in [3.05, 3.63) is 38.1 Å².